The molecule has 1 fully saturated rings. The zero-order chi connectivity index (χ0) is 19.3. The summed E-state index contributed by atoms with van der Waals surface area (Å²) in [5.74, 6) is -0.241. The second kappa shape index (κ2) is 8.75. The van der Waals surface area contributed by atoms with Crippen molar-refractivity contribution in [2.75, 3.05) is 39.7 Å². The number of methoxy groups -OCH3 is 2. The molecule has 0 spiro atoms. The Morgan fingerprint density at radius 2 is 2.08 bits per heavy atom. The van der Waals surface area contributed by atoms with Crippen LogP contribution in [0.2, 0.25) is 5.02 Å². The normalized spacial score (nSPS) is 16.2. The Labute approximate surface area is 157 Å². The first-order valence-corrected chi connectivity index (χ1v) is 8.48. The summed E-state index contributed by atoms with van der Waals surface area (Å²) in [6.45, 7) is 0.294. The highest BCUT2D eigenvalue weighted by Crippen LogP contribution is 2.27. The molecule has 1 aromatic carbocycles. The molecule has 9 heteroatoms. The Hall–Kier alpha value is -2.48. The van der Waals surface area contributed by atoms with Crippen LogP contribution in [0.5, 0.6) is 5.75 Å². The highest BCUT2D eigenvalue weighted by molar-refractivity contribution is 6.31. The van der Waals surface area contributed by atoms with E-state index in [1.807, 2.05) is 0 Å². The van der Waals surface area contributed by atoms with E-state index < -0.39 is 18.0 Å². The number of likely N-dealkylation sites (tertiary alicyclic amines) is 1. The van der Waals surface area contributed by atoms with Crippen molar-refractivity contribution in [1.29, 1.82) is 0 Å². The lowest BCUT2D eigenvalue weighted by Gasteiger charge is -2.26. The molecule has 1 aliphatic rings. The predicted octanol–water partition coefficient (Wildman–Crippen LogP) is 1.98. The molecule has 3 amide bonds. The molecule has 1 aliphatic heterocycles. The van der Waals surface area contributed by atoms with Gasteiger partial charge in [0.15, 0.2) is 0 Å². The summed E-state index contributed by atoms with van der Waals surface area (Å²) in [5.41, 5.74) is 0.419. The van der Waals surface area contributed by atoms with Gasteiger partial charge in [0.2, 0.25) is 11.8 Å². The first kappa shape index (κ1) is 19.8. The summed E-state index contributed by atoms with van der Waals surface area (Å²) in [6, 6.07) is 4.24. The van der Waals surface area contributed by atoms with Gasteiger partial charge in [0.25, 0.3) is 0 Å². The lowest BCUT2D eigenvalue weighted by atomic mass is 10.2. The van der Waals surface area contributed by atoms with Crippen LogP contribution >= 0.6 is 11.6 Å². The minimum absolute atomic E-state index is 0.167. The molecular formula is C17H22ClN3O5. The van der Waals surface area contributed by atoms with E-state index in [1.165, 1.54) is 31.1 Å². The number of halogens is 1. The average Bonchev–Trinajstić information content (AvgIpc) is 3.10. The number of nitrogens with zero attached hydrogens (tertiary/aromatic N) is 2. The van der Waals surface area contributed by atoms with Gasteiger partial charge < -0.3 is 19.7 Å². The molecule has 0 aliphatic carbocycles. The molecule has 2 rings (SSSR count). The second-order valence-electron chi connectivity index (χ2n) is 5.91. The first-order valence-electron chi connectivity index (χ1n) is 8.10. The fourth-order valence-electron chi connectivity index (χ4n) is 2.87. The van der Waals surface area contributed by atoms with Gasteiger partial charge in [-0.05, 0) is 31.0 Å². The highest BCUT2D eigenvalue weighted by atomic mass is 35.5. The van der Waals surface area contributed by atoms with Crippen molar-refractivity contribution in [3.8, 4) is 5.75 Å². The van der Waals surface area contributed by atoms with Crippen molar-refractivity contribution < 1.29 is 23.9 Å². The quantitative estimate of drug-likeness (QED) is 0.839. The van der Waals surface area contributed by atoms with Crippen molar-refractivity contribution in [3.63, 3.8) is 0 Å². The van der Waals surface area contributed by atoms with Crippen LogP contribution in [0.25, 0.3) is 0 Å². The molecule has 8 nitrogen and oxygen atoms in total. The van der Waals surface area contributed by atoms with Crippen LogP contribution in [0.3, 0.4) is 0 Å². The number of anilines is 1. The lowest BCUT2D eigenvalue weighted by molar-refractivity contribution is -0.136. The van der Waals surface area contributed by atoms with Gasteiger partial charge in [0.1, 0.15) is 11.8 Å². The van der Waals surface area contributed by atoms with Crippen LogP contribution in [-0.2, 0) is 14.3 Å². The molecule has 1 unspecified atom stereocenters. The molecule has 1 aromatic rings. The summed E-state index contributed by atoms with van der Waals surface area (Å²) in [5, 5.41) is 3.13. The molecule has 0 aromatic heterocycles. The zero-order valence-electron chi connectivity index (χ0n) is 15.0. The number of hydrogen-bond acceptors (Lipinski definition) is 5. The number of amides is 3. The molecule has 1 heterocycles. The zero-order valence-corrected chi connectivity index (χ0v) is 15.7. The lowest BCUT2D eigenvalue weighted by Crippen LogP contribution is -2.48. The second-order valence-corrected chi connectivity index (χ2v) is 6.34. The van der Waals surface area contributed by atoms with Crippen molar-refractivity contribution in [1.82, 2.24) is 9.80 Å². The molecule has 1 N–H and O–H groups in total. The summed E-state index contributed by atoms with van der Waals surface area (Å²) >= 11 is 5.94. The number of hydrogen-bond donors (Lipinski definition) is 1. The van der Waals surface area contributed by atoms with E-state index in [4.69, 9.17) is 21.1 Å². The third-order valence-corrected chi connectivity index (χ3v) is 4.37. The van der Waals surface area contributed by atoms with Crippen molar-refractivity contribution >= 4 is 35.2 Å². The molecule has 0 saturated carbocycles. The van der Waals surface area contributed by atoms with E-state index in [0.717, 1.165) is 0 Å². The minimum atomic E-state index is -0.610. The van der Waals surface area contributed by atoms with Gasteiger partial charge in [-0.15, -0.1) is 0 Å². The van der Waals surface area contributed by atoms with Gasteiger partial charge in [0.05, 0.1) is 26.5 Å². The van der Waals surface area contributed by atoms with Crippen LogP contribution in [0.1, 0.15) is 12.8 Å². The molecule has 142 valence electrons. The van der Waals surface area contributed by atoms with E-state index in [2.05, 4.69) is 5.32 Å². The predicted molar refractivity (Wildman–Crippen MR) is 96.4 cm³/mol. The maximum absolute atomic E-state index is 12.6. The summed E-state index contributed by atoms with van der Waals surface area (Å²) in [4.78, 5) is 39.3. The monoisotopic (exact) mass is 383 g/mol. The highest BCUT2D eigenvalue weighted by Gasteiger charge is 2.36. The van der Waals surface area contributed by atoms with Crippen LogP contribution in [0.15, 0.2) is 18.2 Å². The van der Waals surface area contributed by atoms with E-state index in [9.17, 15) is 14.4 Å². The van der Waals surface area contributed by atoms with Crippen molar-refractivity contribution in [3.05, 3.63) is 23.2 Å². The fourth-order valence-corrected chi connectivity index (χ4v) is 3.05. The maximum Gasteiger partial charge on any atom is 0.410 e. The van der Waals surface area contributed by atoms with Gasteiger partial charge in [-0.3, -0.25) is 14.5 Å². The Bertz CT molecular complexity index is 697. The topological polar surface area (TPSA) is 88.2 Å². The standard InChI is InChI=1S/C17H22ClN3O5/c1-20(16(23)13-5-4-8-21(13)17(24)26-3)10-15(22)19-12-9-11(18)6-7-14(12)25-2/h6-7,9,13H,4-5,8,10H2,1-3H3,(H,19,22). The largest absolute Gasteiger partial charge is 0.495 e. The van der Waals surface area contributed by atoms with Crippen molar-refractivity contribution in [2.45, 2.75) is 18.9 Å². The first-order chi connectivity index (χ1) is 12.4. The Balaban J connectivity index is 1.99. The minimum Gasteiger partial charge on any atom is -0.495 e. The molecule has 0 bridgehead atoms. The summed E-state index contributed by atoms with van der Waals surface area (Å²) < 4.78 is 9.88. The third kappa shape index (κ3) is 4.57. The van der Waals surface area contributed by atoms with Gasteiger partial charge in [-0.25, -0.2) is 4.79 Å². The van der Waals surface area contributed by atoms with Crippen LogP contribution in [-0.4, -0.2) is 68.1 Å². The Morgan fingerprint density at radius 1 is 1.35 bits per heavy atom. The SMILES string of the molecule is COC(=O)N1CCCC1C(=O)N(C)CC(=O)Nc1cc(Cl)ccc1OC. The van der Waals surface area contributed by atoms with E-state index in [1.54, 1.807) is 18.2 Å². The Kier molecular flexibility index (Phi) is 6.68. The molecule has 26 heavy (non-hydrogen) atoms. The summed E-state index contributed by atoms with van der Waals surface area (Å²) in [7, 11) is 4.28. The Morgan fingerprint density at radius 3 is 2.73 bits per heavy atom. The van der Waals surface area contributed by atoms with Gasteiger partial charge in [-0.2, -0.15) is 0 Å². The number of carbonyl (C=O) groups excluding carboxylic acids is 3. The average molecular weight is 384 g/mol. The van der Waals surface area contributed by atoms with Crippen LogP contribution < -0.4 is 10.1 Å². The number of rotatable bonds is 5. The van der Waals surface area contributed by atoms with Crippen LogP contribution in [0.4, 0.5) is 10.5 Å². The smallest absolute Gasteiger partial charge is 0.410 e. The van der Waals surface area contributed by atoms with Crippen molar-refractivity contribution in [2.24, 2.45) is 0 Å². The van der Waals surface area contributed by atoms with E-state index in [0.29, 0.717) is 35.8 Å². The van der Waals surface area contributed by atoms with Gasteiger partial charge in [0, 0.05) is 18.6 Å². The molecule has 0 radical (unpaired) electrons. The number of likely N-dealkylation sites (N-methyl/N-ethyl adjacent to an activating group) is 1. The molecule has 1 atom stereocenters. The number of nitrogens with one attached hydrogen (secondary N) is 1. The maximum atomic E-state index is 12.6. The fraction of sp³-hybridized carbons (Fsp3) is 0.471. The number of ether oxygens (including phenoxy) is 2. The van der Waals surface area contributed by atoms with Gasteiger partial charge in [-0.1, -0.05) is 11.6 Å². The third-order valence-electron chi connectivity index (χ3n) is 4.14. The van der Waals surface area contributed by atoms with Gasteiger partial charge >= 0.3 is 6.09 Å². The summed E-state index contributed by atoms with van der Waals surface area (Å²) in [6.07, 6.45) is 0.718. The van der Waals surface area contributed by atoms with E-state index >= 15 is 0 Å². The van der Waals surface area contributed by atoms with Crippen LogP contribution in [0, 0.1) is 0 Å². The number of carbonyl (C=O) groups is 3. The molecular weight excluding hydrogens is 362 g/mol. The molecule has 1 saturated heterocycles. The number of benzene rings is 1. The van der Waals surface area contributed by atoms with E-state index in [-0.39, 0.29) is 12.5 Å².